The van der Waals surface area contributed by atoms with Crippen LogP contribution in [0.2, 0.25) is 0 Å². The first-order valence-corrected chi connectivity index (χ1v) is 5.52. The largest absolute Gasteiger partial charge is 0.465 e. The van der Waals surface area contributed by atoms with Crippen LogP contribution in [0.25, 0.3) is 5.57 Å². The number of hydrogen-bond donors (Lipinski definition) is 1. The Kier molecular flexibility index (Phi) is 3.56. The van der Waals surface area contributed by atoms with Gasteiger partial charge in [-0.25, -0.2) is 4.79 Å². The summed E-state index contributed by atoms with van der Waals surface area (Å²) in [7, 11) is 1.37. The van der Waals surface area contributed by atoms with Gasteiger partial charge >= 0.3 is 5.97 Å². The molecule has 90 valence electrons. The Hall–Kier alpha value is -1.65. The summed E-state index contributed by atoms with van der Waals surface area (Å²) in [6, 6.07) is 7.33. The van der Waals surface area contributed by atoms with Gasteiger partial charge in [-0.1, -0.05) is 18.2 Å². The van der Waals surface area contributed by atoms with Crippen molar-refractivity contribution in [1.82, 2.24) is 5.06 Å². The van der Waals surface area contributed by atoms with E-state index in [0.717, 1.165) is 12.0 Å². The number of ether oxygens (including phenoxy) is 1. The Morgan fingerprint density at radius 1 is 1.35 bits per heavy atom. The SMILES string of the molecule is COC(=O)c1ccc(C2=CCN(O)CC2)cc1. The number of methoxy groups -OCH3 is 1. The molecule has 2 rings (SSSR count). The summed E-state index contributed by atoms with van der Waals surface area (Å²) in [6.45, 7) is 1.19. The summed E-state index contributed by atoms with van der Waals surface area (Å²) < 4.78 is 4.64. The van der Waals surface area contributed by atoms with E-state index in [1.807, 2.05) is 18.2 Å². The van der Waals surface area contributed by atoms with E-state index < -0.39 is 0 Å². The smallest absolute Gasteiger partial charge is 0.337 e. The number of hydroxylamine groups is 2. The number of carbonyl (C=O) groups is 1. The second-order valence-corrected chi connectivity index (χ2v) is 3.96. The molecule has 4 nitrogen and oxygen atoms in total. The van der Waals surface area contributed by atoms with Crippen LogP contribution in [0.1, 0.15) is 22.3 Å². The molecule has 0 saturated heterocycles. The highest BCUT2D eigenvalue weighted by Gasteiger charge is 2.11. The molecular weight excluding hydrogens is 218 g/mol. The molecule has 0 amide bonds. The molecule has 0 aromatic heterocycles. The predicted molar refractivity (Wildman–Crippen MR) is 63.7 cm³/mol. The fourth-order valence-corrected chi connectivity index (χ4v) is 1.86. The average molecular weight is 233 g/mol. The van der Waals surface area contributed by atoms with Crippen LogP contribution in [0.4, 0.5) is 0 Å². The van der Waals surface area contributed by atoms with E-state index in [2.05, 4.69) is 4.74 Å². The maximum atomic E-state index is 11.3. The van der Waals surface area contributed by atoms with E-state index in [1.54, 1.807) is 12.1 Å². The van der Waals surface area contributed by atoms with E-state index >= 15 is 0 Å². The van der Waals surface area contributed by atoms with Gasteiger partial charge in [0.05, 0.1) is 12.7 Å². The van der Waals surface area contributed by atoms with Gasteiger partial charge in [-0.2, -0.15) is 5.06 Å². The van der Waals surface area contributed by atoms with Crippen molar-refractivity contribution in [2.75, 3.05) is 20.2 Å². The minimum absolute atomic E-state index is 0.323. The summed E-state index contributed by atoms with van der Waals surface area (Å²) in [4.78, 5) is 11.3. The zero-order valence-corrected chi connectivity index (χ0v) is 9.72. The third-order valence-electron chi connectivity index (χ3n) is 2.86. The normalized spacial score (nSPS) is 16.5. The summed E-state index contributed by atoms with van der Waals surface area (Å²) in [5, 5.41) is 10.5. The van der Waals surface area contributed by atoms with Gasteiger partial charge in [-0.3, -0.25) is 0 Å². The number of nitrogens with zero attached hydrogens (tertiary/aromatic N) is 1. The topological polar surface area (TPSA) is 49.8 Å². The van der Waals surface area contributed by atoms with Crippen LogP contribution in [0.5, 0.6) is 0 Å². The molecular formula is C13H15NO3. The highest BCUT2D eigenvalue weighted by molar-refractivity contribution is 5.89. The Labute approximate surface area is 100 Å². The van der Waals surface area contributed by atoms with Crippen LogP contribution in [-0.4, -0.2) is 36.4 Å². The zero-order valence-electron chi connectivity index (χ0n) is 9.72. The van der Waals surface area contributed by atoms with E-state index in [9.17, 15) is 10.0 Å². The van der Waals surface area contributed by atoms with Gasteiger partial charge in [0.2, 0.25) is 0 Å². The van der Waals surface area contributed by atoms with Gasteiger partial charge < -0.3 is 9.94 Å². The van der Waals surface area contributed by atoms with Crippen molar-refractivity contribution >= 4 is 11.5 Å². The standard InChI is InChI=1S/C13H15NO3/c1-17-13(15)12-4-2-10(3-5-12)11-6-8-14(16)9-7-11/h2-6,16H,7-9H2,1H3. The van der Waals surface area contributed by atoms with E-state index in [-0.39, 0.29) is 5.97 Å². The highest BCUT2D eigenvalue weighted by atomic mass is 16.5. The van der Waals surface area contributed by atoms with E-state index in [4.69, 9.17) is 0 Å². The highest BCUT2D eigenvalue weighted by Crippen LogP contribution is 2.22. The van der Waals surface area contributed by atoms with E-state index in [0.29, 0.717) is 18.7 Å². The fraction of sp³-hybridized carbons (Fsp3) is 0.308. The molecule has 0 atom stereocenters. The third-order valence-corrected chi connectivity index (χ3v) is 2.86. The van der Waals surface area contributed by atoms with Gasteiger partial charge in [0.15, 0.2) is 0 Å². The molecule has 0 bridgehead atoms. The number of esters is 1. The monoisotopic (exact) mass is 233 g/mol. The lowest BCUT2D eigenvalue weighted by atomic mass is 9.99. The van der Waals surface area contributed by atoms with Crippen molar-refractivity contribution in [3.05, 3.63) is 41.5 Å². The molecule has 4 heteroatoms. The summed E-state index contributed by atoms with van der Waals surface area (Å²) in [5.41, 5.74) is 2.84. The predicted octanol–water partition coefficient (Wildman–Crippen LogP) is 1.95. The molecule has 0 spiro atoms. The number of hydrogen-bond acceptors (Lipinski definition) is 4. The van der Waals surface area contributed by atoms with Gasteiger partial charge in [0.1, 0.15) is 0 Å². The lowest BCUT2D eigenvalue weighted by molar-refractivity contribution is -0.0807. The van der Waals surface area contributed by atoms with E-state index in [1.165, 1.54) is 17.7 Å². The number of rotatable bonds is 2. The molecule has 1 aromatic carbocycles. The minimum atomic E-state index is -0.323. The van der Waals surface area contributed by atoms with Crippen molar-refractivity contribution < 1.29 is 14.7 Å². The lowest BCUT2D eigenvalue weighted by Crippen LogP contribution is -2.24. The fourth-order valence-electron chi connectivity index (χ4n) is 1.86. The average Bonchev–Trinajstić information content (AvgIpc) is 2.39. The summed E-state index contributed by atoms with van der Waals surface area (Å²) >= 11 is 0. The van der Waals surface area contributed by atoms with Crippen LogP contribution >= 0.6 is 0 Å². The van der Waals surface area contributed by atoms with Crippen molar-refractivity contribution in [3.8, 4) is 0 Å². The Morgan fingerprint density at radius 2 is 2.06 bits per heavy atom. The second-order valence-electron chi connectivity index (χ2n) is 3.96. The van der Waals surface area contributed by atoms with Crippen LogP contribution in [0.3, 0.4) is 0 Å². The maximum Gasteiger partial charge on any atom is 0.337 e. The Balaban J connectivity index is 2.16. The van der Waals surface area contributed by atoms with Crippen LogP contribution < -0.4 is 0 Å². The number of carbonyl (C=O) groups excluding carboxylic acids is 1. The molecule has 0 aliphatic carbocycles. The molecule has 0 radical (unpaired) electrons. The van der Waals surface area contributed by atoms with Gasteiger partial charge in [-0.05, 0) is 29.7 Å². The minimum Gasteiger partial charge on any atom is -0.465 e. The van der Waals surface area contributed by atoms with Gasteiger partial charge in [-0.15, -0.1) is 0 Å². The zero-order chi connectivity index (χ0) is 12.3. The Bertz CT molecular complexity index is 436. The third kappa shape index (κ3) is 2.72. The van der Waals surface area contributed by atoms with Crippen LogP contribution in [-0.2, 0) is 4.74 Å². The quantitative estimate of drug-likeness (QED) is 0.793. The molecule has 1 heterocycles. The molecule has 0 unspecified atom stereocenters. The van der Waals surface area contributed by atoms with Crippen molar-refractivity contribution in [3.63, 3.8) is 0 Å². The lowest BCUT2D eigenvalue weighted by Gasteiger charge is -2.20. The van der Waals surface area contributed by atoms with Gasteiger partial charge in [0.25, 0.3) is 0 Å². The molecule has 17 heavy (non-hydrogen) atoms. The first-order chi connectivity index (χ1) is 8.20. The number of benzene rings is 1. The molecule has 0 saturated carbocycles. The maximum absolute atomic E-state index is 11.3. The Morgan fingerprint density at radius 3 is 2.59 bits per heavy atom. The first kappa shape index (κ1) is 11.8. The molecule has 1 aliphatic heterocycles. The van der Waals surface area contributed by atoms with Crippen molar-refractivity contribution in [2.45, 2.75) is 6.42 Å². The molecule has 1 N–H and O–H groups in total. The summed E-state index contributed by atoms with van der Waals surface area (Å²) in [6.07, 6.45) is 2.81. The molecule has 1 aliphatic rings. The van der Waals surface area contributed by atoms with Crippen molar-refractivity contribution in [2.24, 2.45) is 0 Å². The van der Waals surface area contributed by atoms with Gasteiger partial charge in [0, 0.05) is 13.1 Å². The first-order valence-electron chi connectivity index (χ1n) is 5.52. The van der Waals surface area contributed by atoms with Crippen molar-refractivity contribution in [1.29, 1.82) is 0 Å². The van der Waals surface area contributed by atoms with Crippen LogP contribution in [0, 0.1) is 0 Å². The summed E-state index contributed by atoms with van der Waals surface area (Å²) in [5.74, 6) is -0.323. The molecule has 0 fully saturated rings. The van der Waals surface area contributed by atoms with Crippen LogP contribution in [0.15, 0.2) is 30.3 Å². The molecule has 1 aromatic rings. The second kappa shape index (κ2) is 5.12.